The zero-order valence-electron chi connectivity index (χ0n) is 10.2. The third kappa shape index (κ3) is 3.76. The van der Waals surface area contributed by atoms with E-state index < -0.39 is 0 Å². The first-order valence-corrected chi connectivity index (χ1v) is 6.43. The lowest BCUT2D eigenvalue weighted by molar-refractivity contribution is -0.142. The van der Waals surface area contributed by atoms with Crippen LogP contribution in [0.4, 0.5) is 11.4 Å². The first kappa shape index (κ1) is 14.1. The van der Waals surface area contributed by atoms with Crippen LogP contribution in [0.25, 0.3) is 0 Å². The Morgan fingerprint density at radius 3 is 2.59 bits per heavy atom. The van der Waals surface area contributed by atoms with E-state index >= 15 is 0 Å². The molecule has 0 bridgehead atoms. The molecular formula is C12H17IN2O2. The largest absolute Gasteiger partial charge is 0.467 e. The molecule has 5 heteroatoms. The van der Waals surface area contributed by atoms with Crippen LogP contribution in [0.15, 0.2) is 18.2 Å². The molecular weight excluding hydrogens is 331 g/mol. The molecule has 0 aromatic heterocycles. The van der Waals surface area contributed by atoms with Gasteiger partial charge in [-0.25, -0.2) is 4.79 Å². The molecule has 1 rings (SSSR count). The molecule has 1 aromatic rings. The maximum absolute atomic E-state index is 11.6. The van der Waals surface area contributed by atoms with E-state index in [1.165, 1.54) is 7.11 Å². The fourth-order valence-corrected chi connectivity index (χ4v) is 1.97. The van der Waals surface area contributed by atoms with Crippen LogP contribution < -0.4 is 11.1 Å². The molecule has 1 aromatic carbocycles. The molecule has 1 atom stereocenters. The van der Waals surface area contributed by atoms with Crippen LogP contribution in [0.5, 0.6) is 0 Å². The highest BCUT2D eigenvalue weighted by atomic mass is 127. The summed E-state index contributed by atoms with van der Waals surface area (Å²) in [7, 11) is 1.39. The van der Waals surface area contributed by atoms with Gasteiger partial charge < -0.3 is 15.8 Å². The number of benzene rings is 1. The summed E-state index contributed by atoms with van der Waals surface area (Å²) >= 11 is 2.19. The summed E-state index contributed by atoms with van der Waals surface area (Å²) in [6.45, 7) is 3.91. The Morgan fingerprint density at radius 2 is 2.12 bits per heavy atom. The first-order chi connectivity index (χ1) is 7.95. The van der Waals surface area contributed by atoms with Crippen LogP contribution in [0.2, 0.25) is 0 Å². The van der Waals surface area contributed by atoms with E-state index in [2.05, 4.69) is 27.9 Å². The maximum atomic E-state index is 11.6. The van der Waals surface area contributed by atoms with Gasteiger partial charge in [-0.3, -0.25) is 0 Å². The van der Waals surface area contributed by atoms with Crippen LogP contribution in [-0.2, 0) is 9.53 Å². The van der Waals surface area contributed by atoms with E-state index in [-0.39, 0.29) is 17.9 Å². The highest BCUT2D eigenvalue weighted by Crippen LogP contribution is 2.23. The fourth-order valence-electron chi connectivity index (χ4n) is 1.46. The summed E-state index contributed by atoms with van der Waals surface area (Å²) in [5.41, 5.74) is 7.28. The lowest BCUT2D eigenvalue weighted by Crippen LogP contribution is -2.35. The third-order valence-corrected chi connectivity index (χ3v) is 3.12. The van der Waals surface area contributed by atoms with Crippen molar-refractivity contribution in [1.82, 2.24) is 0 Å². The predicted octanol–water partition coefficient (Wildman–Crippen LogP) is 2.48. The molecule has 0 saturated heterocycles. The fraction of sp³-hybridized carbons (Fsp3) is 0.417. The van der Waals surface area contributed by atoms with Crippen molar-refractivity contribution in [2.45, 2.75) is 19.9 Å². The number of nitrogens with two attached hydrogens (primary N) is 1. The number of nitrogen functional groups attached to an aromatic ring is 1. The second kappa shape index (κ2) is 6.09. The second-order valence-electron chi connectivity index (χ2n) is 4.12. The third-order valence-electron chi connectivity index (χ3n) is 2.45. The number of anilines is 2. The quantitative estimate of drug-likeness (QED) is 0.499. The first-order valence-electron chi connectivity index (χ1n) is 5.35. The number of nitrogens with one attached hydrogen (secondary N) is 1. The number of methoxy groups -OCH3 is 1. The van der Waals surface area contributed by atoms with Crippen molar-refractivity contribution < 1.29 is 9.53 Å². The van der Waals surface area contributed by atoms with Crippen LogP contribution in [0.1, 0.15) is 13.8 Å². The average molecular weight is 348 g/mol. The molecule has 0 amide bonds. The summed E-state index contributed by atoms with van der Waals surface area (Å²) in [5.74, 6) is -0.154. The molecule has 0 radical (unpaired) electrons. The molecule has 94 valence electrons. The zero-order valence-corrected chi connectivity index (χ0v) is 12.3. The minimum atomic E-state index is -0.387. The van der Waals surface area contributed by atoms with Crippen LogP contribution in [-0.4, -0.2) is 19.1 Å². The summed E-state index contributed by atoms with van der Waals surface area (Å²) in [5, 5.41) is 3.12. The lowest BCUT2D eigenvalue weighted by Gasteiger charge is -2.21. The van der Waals surface area contributed by atoms with Gasteiger partial charge >= 0.3 is 5.97 Å². The molecule has 0 aliphatic rings. The lowest BCUT2D eigenvalue weighted by atomic mass is 10.0. The molecule has 17 heavy (non-hydrogen) atoms. The van der Waals surface area contributed by atoms with Gasteiger partial charge in [0.05, 0.1) is 18.5 Å². The molecule has 1 unspecified atom stereocenters. The van der Waals surface area contributed by atoms with Crippen molar-refractivity contribution in [3.05, 3.63) is 21.8 Å². The molecule has 0 heterocycles. The molecule has 0 aliphatic heterocycles. The number of halogens is 1. The van der Waals surface area contributed by atoms with Crippen LogP contribution in [0.3, 0.4) is 0 Å². The Hall–Kier alpha value is -0.980. The highest BCUT2D eigenvalue weighted by Gasteiger charge is 2.23. The second-order valence-corrected chi connectivity index (χ2v) is 5.37. The van der Waals surface area contributed by atoms with Crippen LogP contribution in [0, 0.1) is 9.49 Å². The Morgan fingerprint density at radius 1 is 1.47 bits per heavy atom. The normalized spacial score (nSPS) is 12.3. The van der Waals surface area contributed by atoms with Gasteiger partial charge in [-0.05, 0) is 46.7 Å². The van der Waals surface area contributed by atoms with Crippen LogP contribution >= 0.6 is 22.6 Å². The number of carbonyl (C=O) groups excluding carboxylic acids is 1. The van der Waals surface area contributed by atoms with Gasteiger partial charge in [-0.15, -0.1) is 0 Å². The number of hydrogen-bond acceptors (Lipinski definition) is 4. The van der Waals surface area contributed by atoms with Crippen molar-refractivity contribution >= 4 is 39.9 Å². The van der Waals surface area contributed by atoms with Gasteiger partial charge in [0.1, 0.15) is 6.04 Å². The highest BCUT2D eigenvalue weighted by molar-refractivity contribution is 14.1. The summed E-state index contributed by atoms with van der Waals surface area (Å²) in [4.78, 5) is 11.6. The average Bonchev–Trinajstić information content (AvgIpc) is 2.26. The Labute approximate surface area is 115 Å². The Kier molecular flexibility index (Phi) is 5.04. The summed E-state index contributed by atoms with van der Waals surface area (Å²) in [6, 6.07) is 5.28. The number of esters is 1. The van der Waals surface area contributed by atoms with E-state index in [4.69, 9.17) is 10.5 Å². The Bertz CT molecular complexity index is 407. The minimum absolute atomic E-state index is 0.126. The van der Waals surface area contributed by atoms with E-state index in [9.17, 15) is 4.79 Å². The number of rotatable bonds is 4. The van der Waals surface area contributed by atoms with Crippen molar-refractivity contribution in [3.63, 3.8) is 0 Å². The van der Waals surface area contributed by atoms with Gasteiger partial charge in [0.15, 0.2) is 0 Å². The smallest absolute Gasteiger partial charge is 0.328 e. The van der Waals surface area contributed by atoms with Crippen molar-refractivity contribution in [2.24, 2.45) is 5.92 Å². The molecule has 4 nitrogen and oxygen atoms in total. The van der Waals surface area contributed by atoms with Crippen molar-refractivity contribution in [2.75, 3.05) is 18.2 Å². The molecule has 0 aliphatic carbocycles. The monoisotopic (exact) mass is 348 g/mol. The molecule has 0 fully saturated rings. The predicted molar refractivity (Wildman–Crippen MR) is 77.8 cm³/mol. The number of ether oxygens (including phenoxy) is 1. The van der Waals surface area contributed by atoms with E-state index in [0.717, 1.165) is 9.26 Å². The number of hydrogen-bond donors (Lipinski definition) is 2. The molecule has 0 spiro atoms. The van der Waals surface area contributed by atoms with Gasteiger partial charge in [0.2, 0.25) is 0 Å². The summed E-state index contributed by atoms with van der Waals surface area (Å²) < 4.78 is 5.83. The van der Waals surface area contributed by atoms with Gasteiger partial charge in [0.25, 0.3) is 0 Å². The van der Waals surface area contributed by atoms with E-state index in [1.807, 2.05) is 32.0 Å². The topological polar surface area (TPSA) is 64.3 Å². The van der Waals surface area contributed by atoms with Gasteiger partial charge in [-0.1, -0.05) is 13.8 Å². The van der Waals surface area contributed by atoms with Crippen molar-refractivity contribution in [1.29, 1.82) is 0 Å². The number of carbonyl (C=O) groups is 1. The van der Waals surface area contributed by atoms with Gasteiger partial charge in [0, 0.05) is 3.57 Å². The standard InChI is InChI=1S/C12H17IN2O2/c1-7(2)11(12(16)17-3)15-10-5-4-8(13)6-9(10)14/h4-7,11,15H,14H2,1-3H3. The van der Waals surface area contributed by atoms with E-state index in [0.29, 0.717) is 5.69 Å². The molecule has 3 N–H and O–H groups in total. The maximum Gasteiger partial charge on any atom is 0.328 e. The van der Waals surface area contributed by atoms with E-state index in [1.54, 1.807) is 0 Å². The SMILES string of the molecule is COC(=O)C(Nc1ccc(I)cc1N)C(C)C. The minimum Gasteiger partial charge on any atom is -0.467 e. The Balaban J connectivity index is 2.90. The summed E-state index contributed by atoms with van der Waals surface area (Å²) in [6.07, 6.45) is 0. The van der Waals surface area contributed by atoms with Crippen molar-refractivity contribution in [3.8, 4) is 0 Å². The molecule has 0 saturated carbocycles. The van der Waals surface area contributed by atoms with Gasteiger partial charge in [-0.2, -0.15) is 0 Å². The zero-order chi connectivity index (χ0) is 13.0.